The molecule has 2 rings (SSSR count). The number of ether oxygens (including phenoxy) is 3. The Bertz CT molecular complexity index is 690. The second kappa shape index (κ2) is 17.4. The highest BCUT2D eigenvalue weighted by atomic mass is 16.5. The van der Waals surface area contributed by atoms with Crippen LogP contribution in [0, 0.1) is 5.92 Å². The molecule has 11 nitrogen and oxygen atoms in total. The van der Waals surface area contributed by atoms with Gasteiger partial charge in [-0.15, -0.1) is 0 Å². The number of hydrogen-bond donors (Lipinski definition) is 2. The second-order valence-corrected chi connectivity index (χ2v) is 11.0. The van der Waals surface area contributed by atoms with Crippen molar-refractivity contribution in [2.45, 2.75) is 64.4 Å². The van der Waals surface area contributed by atoms with Gasteiger partial charge in [0.2, 0.25) is 11.8 Å². The average Bonchev–Trinajstić information content (AvgIpc) is 2.88. The molecule has 0 spiro atoms. The van der Waals surface area contributed by atoms with E-state index in [9.17, 15) is 19.8 Å². The minimum absolute atomic E-state index is 0.0178. The molecule has 2 heterocycles. The van der Waals surface area contributed by atoms with Crippen molar-refractivity contribution >= 4 is 11.8 Å². The highest BCUT2D eigenvalue weighted by Gasteiger charge is 2.33. The zero-order valence-corrected chi connectivity index (χ0v) is 24.2. The average molecular weight is 545 g/mol. The third kappa shape index (κ3) is 11.0. The number of carbonyl (C=O) groups is 2. The van der Waals surface area contributed by atoms with Crippen LogP contribution in [0.15, 0.2) is 0 Å². The van der Waals surface area contributed by atoms with Crippen molar-refractivity contribution < 1.29 is 34.0 Å². The summed E-state index contributed by atoms with van der Waals surface area (Å²) in [4.78, 5) is 34.6. The highest BCUT2D eigenvalue weighted by Crippen LogP contribution is 2.18. The molecule has 0 aliphatic carbocycles. The fourth-order valence-electron chi connectivity index (χ4n) is 5.19. The Morgan fingerprint density at radius 3 is 2.29 bits per heavy atom. The van der Waals surface area contributed by atoms with E-state index < -0.39 is 18.3 Å². The van der Waals surface area contributed by atoms with Gasteiger partial charge in [-0.1, -0.05) is 13.8 Å². The Morgan fingerprint density at radius 1 is 1.00 bits per heavy atom. The predicted octanol–water partition coefficient (Wildman–Crippen LogP) is -0.111. The maximum absolute atomic E-state index is 13.8. The summed E-state index contributed by atoms with van der Waals surface area (Å²) in [5.41, 5.74) is 0. The van der Waals surface area contributed by atoms with Gasteiger partial charge in [0.15, 0.2) is 0 Å². The molecule has 0 aromatic rings. The van der Waals surface area contributed by atoms with Crippen LogP contribution in [0.5, 0.6) is 0 Å². The van der Waals surface area contributed by atoms with Crippen molar-refractivity contribution in [2.24, 2.45) is 5.92 Å². The summed E-state index contributed by atoms with van der Waals surface area (Å²) in [5.74, 6) is 0.239. The van der Waals surface area contributed by atoms with Crippen molar-refractivity contribution in [1.29, 1.82) is 0 Å². The van der Waals surface area contributed by atoms with Gasteiger partial charge >= 0.3 is 0 Å². The van der Waals surface area contributed by atoms with E-state index >= 15 is 0 Å². The molecule has 0 unspecified atom stereocenters. The van der Waals surface area contributed by atoms with E-state index in [0.29, 0.717) is 38.8 Å². The van der Waals surface area contributed by atoms with Crippen LogP contribution in [0.1, 0.15) is 40.0 Å². The first-order valence-electron chi connectivity index (χ1n) is 14.1. The normalized spacial score (nSPS) is 27.9. The van der Waals surface area contributed by atoms with Crippen LogP contribution in [-0.4, -0.2) is 159 Å². The monoisotopic (exact) mass is 544 g/mol. The van der Waals surface area contributed by atoms with Gasteiger partial charge in [-0.05, 0) is 25.2 Å². The largest absolute Gasteiger partial charge is 0.388 e. The standard InChI is InChI=1S/C27H52N4O7/c1-21(2)16-23-17-30(22(3)32)18-25(37-5)27(35)24(33)20-38-14-7-6-8-31(23)26(34)19-29-11-9-28(10-12-29)13-15-36-4/h21,23-25,27,33,35H,6-20H2,1-5H3/t23-,24+,25+,27+/m0/s1. The first kappa shape index (κ1) is 32.9. The molecule has 0 saturated carbocycles. The number of rotatable bonds is 8. The van der Waals surface area contributed by atoms with Crippen LogP contribution >= 0.6 is 0 Å². The molecule has 2 N–H and O–H groups in total. The number of aliphatic hydroxyl groups is 2. The first-order valence-corrected chi connectivity index (χ1v) is 14.1. The van der Waals surface area contributed by atoms with Crippen LogP contribution in [0.25, 0.3) is 0 Å². The molecular formula is C27H52N4O7. The Morgan fingerprint density at radius 2 is 1.68 bits per heavy atom. The van der Waals surface area contributed by atoms with E-state index in [4.69, 9.17) is 14.2 Å². The van der Waals surface area contributed by atoms with E-state index in [-0.39, 0.29) is 31.0 Å². The molecule has 2 fully saturated rings. The zero-order valence-electron chi connectivity index (χ0n) is 24.2. The van der Waals surface area contributed by atoms with Crippen LogP contribution in [-0.2, 0) is 23.8 Å². The molecule has 0 aromatic heterocycles. The molecular weight excluding hydrogens is 492 g/mol. The highest BCUT2D eigenvalue weighted by molar-refractivity contribution is 5.79. The van der Waals surface area contributed by atoms with Crippen LogP contribution in [0.2, 0.25) is 0 Å². The number of amides is 2. The summed E-state index contributed by atoms with van der Waals surface area (Å²) >= 11 is 0. The third-order valence-corrected chi connectivity index (χ3v) is 7.52. The summed E-state index contributed by atoms with van der Waals surface area (Å²) in [7, 11) is 3.17. The van der Waals surface area contributed by atoms with Gasteiger partial charge in [-0.25, -0.2) is 0 Å². The molecule has 2 amide bonds. The van der Waals surface area contributed by atoms with Crippen LogP contribution in [0.4, 0.5) is 0 Å². The Labute approximate surface area is 229 Å². The summed E-state index contributed by atoms with van der Waals surface area (Å²) < 4.78 is 16.3. The number of piperazine rings is 1. The summed E-state index contributed by atoms with van der Waals surface area (Å²) in [5, 5.41) is 21.1. The molecule has 11 heteroatoms. The molecule has 2 aliphatic rings. The van der Waals surface area contributed by atoms with Gasteiger partial charge in [0.05, 0.1) is 19.8 Å². The lowest BCUT2D eigenvalue weighted by atomic mass is 10.00. The van der Waals surface area contributed by atoms with Gasteiger partial charge < -0.3 is 34.2 Å². The van der Waals surface area contributed by atoms with Gasteiger partial charge in [-0.2, -0.15) is 0 Å². The second-order valence-electron chi connectivity index (χ2n) is 11.0. The number of carbonyl (C=O) groups excluding carboxylic acids is 2. The minimum Gasteiger partial charge on any atom is -0.388 e. The smallest absolute Gasteiger partial charge is 0.237 e. The Kier molecular flexibility index (Phi) is 15.0. The van der Waals surface area contributed by atoms with Crippen molar-refractivity contribution in [1.82, 2.24) is 19.6 Å². The Hall–Kier alpha value is -1.34. The van der Waals surface area contributed by atoms with Crippen LogP contribution in [0.3, 0.4) is 0 Å². The van der Waals surface area contributed by atoms with E-state index in [1.54, 1.807) is 12.0 Å². The number of nitrogens with zero attached hydrogens (tertiary/aromatic N) is 4. The Balaban J connectivity index is 2.20. The number of methoxy groups -OCH3 is 2. The lowest BCUT2D eigenvalue weighted by molar-refractivity contribution is -0.143. The first-order chi connectivity index (χ1) is 18.2. The summed E-state index contributed by atoms with van der Waals surface area (Å²) in [6.45, 7) is 12.7. The van der Waals surface area contributed by atoms with Crippen molar-refractivity contribution in [2.75, 3.05) is 92.9 Å². The van der Waals surface area contributed by atoms with Crippen molar-refractivity contribution in [3.8, 4) is 0 Å². The quantitative estimate of drug-likeness (QED) is 0.432. The van der Waals surface area contributed by atoms with E-state index in [0.717, 1.165) is 52.0 Å². The van der Waals surface area contributed by atoms with Gasteiger partial charge in [0, 0.05) is 86.2 Å². The van der Waals surface area contributed by atoms with Crippen molar-refractivity contribution in [3.63, 3.8) is 0 Å². The number of hydrogen-bond acceptors (Lipinski definition) is 9. The maximum Gasteiger partial charge on any atom is 0.237 e. The molecule has 0 aromatic carbocycles. The van der Waals surface area contributed by atoms with E-state index in [2.05, 4.69) is 23.6 Å². The maximum atomic E-state index is 13.8. The molecule has 0 radical (unpaired) electrons. The molecule has 2 saturated heterocycles. The van der Waals surface area contributed by atoms with Gasteiger partial charge in [0.1, 0.15) is 18.3 Å². The topological polar surface area (TPSA) is 115 Å². The van der Waals surface area contributed by atoms with Crippen molar-refractivity contribution in [3.05, 3.63) is 0 Å². The minimum atomic E-state index is -1.20. The fourth-order valence-corrected chi connectivity index (χ4v) is 5.19. The zero-order chi connectivity index (χ0) is 28.1. The lowest BCUT2D eigenvalue weighted by Gasteiger charge is -2.40. The molecule has 38 heavy (non-hydrogen) atoms. The molecule has 4 atom stereocenters. The predicted molar refractivity (Wildman–Crippen MR) is 145 cm³/mol. The van der Waals surface area contributed by atoms with E-state index in [1.165, 1.54) is 14.0 Å². The SMILES string of the molecule is COCCN1CCN(CC(=O)N2CCCCOC[C@@H](O)[C@@H](O)[C@H](OC)CN(C(C)=O)C[C@@H]2CC(C)C)CC1. The summed E-state index contributed by atoms with van der Waals surface area (Å²) in [6.07, 6.45) is -0.864. The molecule has 2 aliphatic heterocycles. The van der Waals surface area contributed by atoms with E-state index in [1.807, 2.05) is 4.90 Å². The summed E-state index contributed by atoms with van der Waals surface area (Å²) in [6, 6.07) is -0.169. The lowest BCUT2D eigenvalue weighted by Crippen LogP contribution is -2.55. The fraction of sp³-hybridized carbons (Fsp3) is 0.926. The van der Waals surface area contributed by atoms with Gasteiger partial charge in [-0.3, -0.25) is 19.4 Å². The molecule has 0 bridgehead atoms. The van der Waals surface area contributed by atoms with Crippen LogP contribution < -0.4 is 0 Å². The van der Waals surface area contributed by atoms with Gasteiger partial charge in [0.25, 0.3) is 0 Å². The third-order valence-electron chi connectivity index (χ3n) is 7.52. The molecule has 222 valence electrons. The number of aliphatic hydroxyl groups excluding tert-OH is 2.